The first-order chi connectivity index (χ1) is 10.1. The summed E-state index contributed by atoms with van der Waals surface area (Å²) in [5.74, 6) is 0. The third-order valence-electron chi connectivity index (χ3n) is 6.45. The Labute approximate surface area is 131 Å². The molecule has 3 heteroatoms. The summed E-state index contributed by atoms with van der Waals surface area (Å²) in [5, 5.41) is 0. The van der Waals surface area contributed by atoms with E-state index in [1.165, 1.54) is 51.7 Å². The molecule has 2 aliphatic heterocycles. The molecule has 3 rings (SSSR count). The fourth-order valence-corrected chi connectivity index (χ4v) is 4.93. The SMILES string of the molecule is CCOC1CC(N2CC3CCCCN3CC2CC)C1(C)C. The van der Waals surface area contributed by atoms with Gasteiger partial charge in [-0.25, -0.2) is 0 Å². The summed E-state index contributed by atoms with van der Waals surface area (Å²) in [6.45, 7) is 14.1. The van der Waals surface area contributed by atoms with Crippen LogP contribution in [0.5, 0.6) is 0 Å². The number of hydrogen-bond acceptors (Lipinski definition) is 3. The van der Waals surface area contributed by atoms with Crippen LogP contribution in [0.4, 0.5) is 0 Å². The van der Waals surface area contributed by atoms with Crippen LogP contribution in [0.15, 0.2) is 0 Å². The molecule has 3 fully saturated rings. The van der Waals surface area contributed by atoms with Gasteiger partial charge in [-0.2, -0.15) is 0 Å². The minimum absolute atomic E-state index is 0.320. The summed E-state index contributed by atoms with van der Waals surface area (Å²) in [6.07, 6.45) is 7.25. The Balaban J connectivity index is 1.69. The lowest BCUT2D eigenvalue weighted by molar-refractivity contribution is -0.172. The lowest BCUT2D eigenvalue weighted by atomic mass is 9.63. The molecule has 3 nitrogen and oxygen atoms in total. The van der Waals surface area contributed by atoms with Gasteiger partial charge in [0.1, 0.15) is 0 Å². The van der Waals surface area contributed by atoms with Gasteiger partial charge in [0.2, 0.25) is 0 Å². The molecule has 2 heterocycles. The lowest BCUT2D eigenvalue weighted by Crippen LogP contribution is -2.69. The number of ether oxygens (including phenoxy) is 1. The molecule has 0 spiro atoms. The van der Waals surface area contributed by atoms with E-state index in [2.05, 4.69) is 37.5 Å². The molecule has 21 heavy (non-hydrogen) atoms. The zero-order valence-corrected chi connectivity index (χ0v) is 14.5. The predicted molar refractivity (Wildman–Crippen MR) is 87.6 cm³/mol. The van der Waals surface area contributed by atoms with Gasteiger partial charge in [0.25, 0.3) is 0 Å². The second-order valence-corrected chi connectivity index (χ2v) is 7.92. The molecular formula is C18H34N2O. The first kappa shape index (κ1) is 15.8. The van der Waals surface area contributed by atoms with Gasteiger partial charge < -0.3 is 4.74 Å². The average molecular weight is 294 g/mol. The minimum atomic E-state index is 0.320. The molecule has 0 amide bonds. The zero-order chi connectivity index (χ0) is 15.0. The topological polar surface area (TPSA) is 15.7 Å². The quantitative estimate of drug-likeness (QED) is 0.792. The average Bonchev–Trinajstić information content (AvgIpc) is 2.49. The summed E-state index contributed by atoms with van der Waals surface area (Å²) < 4.78 is 5.95. The molecular weight excluding hydrogens is 260 g/mol. The van der Waals surface area contributed by atoms with Crippen molar-refractivity contribution in [2.24, 2.45) is 5.41 Å². The van der Waals surface area contributed by atoms with Crippen LogP contribution < -0.4 is 0 Å². The van der Waals surface area contributed by atoms with Crippen molar-refractivity contribution < 1.29 is 4.74 Å². The van der Waals surface area contributed by atoms with Crippen LogP contribution in [0, 0.1) is 5.41 Å². The monoisotopic (exact) mass is 294 g/mol. The second kappa shape index (κ2) is 6.17. The Morgan fingerprint density at radius 3 is 2.62 bits per heavy atom. The molecule has 3 aliphatic rings. The van der Waals surface area contributed by atoms with Gasteiger partial charge in [0.15, 0.2) is 0 Å². The molecule has 0 bridgehead atoms. The number of fused-ring (bicyclic) bond motifs is 1. The predicted octanol–water partition coefficient (Wildman–Crippen LogP) is 3.14. The van der Waals surface area contributed by atoms with Gasteiger partial charge in [-0.15, -0.1) is 0 Å². The van der Waals surface area contributed by atoms with Crippen molar-refractivity contribution >= 4 is 0 Å². The van der Waals surface area contributed by atoms with Crippen molar-refractivity contribution in [3.63, 3.8) is 0 Å². The smallest absolute Gasteiger partial charge is 0.0655 e. The van der Waals surface area contributed by atoms with Crippen LogP contribution in [0.1, 0.15) is 59.8 Å². The van der Waals surface area contributed by atoms with E-state index < -0.39 is 0 Å². The van der Waals surface area contributed by atoms with E-state index in [-0.39, 0.29) is 0 Å². The van der Waals surface area contributed by atoms with Gasteiger partial charge in [-0.05, 0) is 39.2 Å². The summed E-state index contributed by atoms with van der Waals surface area (Å²) in [5.41, 5.74) is 0.320. The molecule has 0 aromatic carbocycles. The molecule has 0 aromatic rings. The summed E-state index contributed by atoms with van der Waals surface area (Å²) in [6, 6.07) is 2.30. The van der Waals surface area contributed by atoms with Crippen LogP contribution in [0.2, 0.25) is 0 Å². The Morgan fingerprint density at radius 1 is 1.14 bits per heavy atom. The third kappa shape index (κ3) is 2.77. The molecule has 1 saturated carbocycles. The normalized spacial score (nSPS) is 40.6. The van der Waals surface area contributed by atoms with Crippen molar-refractivity contribution in [3.05, 3.63) is 0 Å². The van der Waals surface area contributed by atoms with E-state index >= 15 is 0 Å². The van der Waals surface area contributed by atoms with E-state index in [9.17, 15) is 0 Å². The number of piperidine rings is 1. The molecule has 4 unspecified atom stereocenters. The highest BCUT2D eigenvalue weighted by molar-refractivity contribution is 5.07. The van der Waals surface area contributed by atoms with Crippen molar-refractivity contribution in [2.75, 3.05) is 26.2 Å². The van der Waals surface area contributed by atoms with Crippen LogP contribution in [-0.2, 0) is 4.74 Å². The Kier molecular flexibility index (Phi) is 4.63. The highest BCUT2D eigenvalue weighted by atomic mass is 16.5. The molecule has 4 atom stereocenters. The maximum Gasteiger partial charge on any atom is 0.0655 e. The van der Waals surface area contributed by atoms with Gasteiger partial charge in [-0.3, -0.25) is 9.80 Å². The molecule has 0 radical (unpaired) electrons. The summed E-state index contributed by atoms with van der Waals surface area (Å²) in [7, 11) is 0. The standard InChI is InChI=1S/C18H34N2O/c1-5-14-12-19-10-8-7-9-15(19)13-20(14)16-11-17(21-6-2)18(16,3)4/h14-17H,5-13H2,1-4H3. The lowest BCUT2D eigenvalue weighted by Gasteiger charge is -2.61. The first-order valence-corrected chi connectivity index (χ1v) is 9.19. The maximum atomic E-state index is 5.95. The number of nitrogens with zero attached hydrogens (tertiary/aromatic N) is 2. The van der Waals surface area contributed by atoms with Crippen LogP contribution >= 0.6 is 0 Å². The largest absolute Gasteiger partial charge is 0.378 e. The van der Waals surface area contributed by atoms with Gasteiger partial charge >= 0.3 is 0 Å². The van der Waals surface area contributed by atoms with E-state index in [0.717, 1.165) is 24.7 Å². The third-order valence-corrected chi connectivity index (χ3v) is 6.45. The van der Waals surface area contributed by atoms with E-state index in [0.29, 0.717) is 11.5 Å². The fourth-order valence-electron chi connectivity index (χ4n) is 4.93. The molecule has 2 saturated heterocycles. The summed E-state index contributed by atoms with van der Waals surface area (Å²) in [4.78, 5) is 5.64. The first-order valence-electron chi connectivity index (χ1n) is 9.19. The van der Waals surface area contributed by atoms with E-state index in [4.69, 9.17) is 4.74 Å². The van der Waals surface area contributed by atoms with Gasteiger partial charge in [0.05, 0.1) is 6.10 Å². The highest BCUT2D eigenvalue weighted by Crippen LogP contribution is 2.47. The molecule has 0 aromatic heterocycles. The Bertz CT molecular complexity index is 357. The van der Waals surface area contributed by atoms with Crippen LogP contribution in [0.25, 0.3) is 0 Å². The van der Waals surface area contributed by atoms with E-state index in [1.54, 1.807) is 0 Å². The minimum Gasteiger partial charge on any atom is -0.378 e. The fraction of sp³-hybridized carbons (Fsp3) is 1.00. The number of rotatable bonds is 4. The van der Waals surface area contributed by atoms with Crippen molar-refractivity contribution in [1.82, 2.24) is 9.80 Å². The van der Waals surface area contributed by atoms with Crippen molar-refractivity contribution in [3.8, 4) is 0 Å². The highest BCUT2D eigenvalue weighted by Gasteiger charge is 2.53. The Hall–Kier alpha value is -0.120. The molecule has 1 aliphatic carbocycles. The van der Waals surface area contributed by atoms with Crippen molar-refractivity contribution in [2.45, 2.75) is 84.0 Å². The van der Waals surface area contributed by atoms with Crippen molar-refractivity contribution in [1.29, 1.82) is 0 Å². The van der Waals surface area contributed by atoms with Gasteiger partial charge in [0, 0.05) is 43.2 Å². The number of piperazine rings is 1. The van der Waals surface area contributed by atoms with Gasteiger partial charge in [-0.1, -0.05) is 27.2 Å². The molecule has 0 N–H and O–H groups in total. The van der Waals surface area contributed by atoms with E-state index in [1.807, 2.05) is 0 Å². The maximum absolute atomic E-state index is 5.95. The van der Waals surface area contributed by atoms with Crippen LogP contribution in [-0.4, -0.2) is 60.3 Å². The molecule has 122 valence electrons. The second-order valence-electron chi connectivity index (χ2n) is 7.92. The van der Waals surface area contributed by atoms with Crippen LogP contribution in [0.3, 0.4) is 0 Å². The zero-order valence-electron chi connectivity index (χ0n) is 14.5. The summed E-state index contributed by atoms with van der Waals surface area (Å²) >= 11 is 0. The number of hydrogen-bond donors (Lipinski definition) is 0. The Morgan fingerprint density at radius 2 is 1.95 bits per heavy atom.